The van der Waals surface area contributed by atoms with E-state index in [0.29, 0.717) is 22.6 Å². The van der Waals surface area contributed by atoms with Gasteiger partial charge in [0.1, 0.15) is 17.2 Å². The van der Waals surface area contributed by atoms with Crippen molar-refractivity contribution >= 4 is 17.0 Å². The fourth-order valence-electron chi connectivity index (χ4n) is 3.76. The van der Waals surface area contributed by atoms with Gasteiger partial charge in [-0.2, -0.15) is 13.2 Å². The molecule has 1 aliphatic rings. The summed E-state index contributed by atoms with van der Waals surface area (Å²) in [5.41, 5.74) is 1.99. The van der Waals surface area contributed by atoms with Gasteiger partial charge in [-0.1, -0.05) is 12.1 Å². The van der Waals surface area contributed by atoms with Crippen molar-refractivity contribution in [3.63, 3.8) is 0 Å². The summed E-state index contributed by atoms with van der Waals surface area (Å²) in [5, 5.41) is 3.33. The second-order valence-corrected chi connectivity index (χ2v) is 7.30. The Morgan fingerprint density at radius 2 is 1.55 bits per heavy atom. The van der Waals surface area contributed by atoms with Crippen LogP contribution in [0.25, 0.3) is 28.2 Å². The molecule has 5 rings (SSSR count). The lowest BCUT2D eigenvalue weighted by Crippen LogP contribution is -2.43. The van der Waals surface area contributed by atoms with E-state index in [1.165, 1.54) is 12.1 Å². The van der Waals surface area contributed by atoms with Crippen molar-refractivity contribution in [3.05, 3.63) is 66.5 Å². The van der Waals surface area contributed by atoms with Gasteiger partial charge in [0, 0.05) is 44.1 Å². The topological polar surface area (TPSA) is 58.9 Å². The molecule has 1 fully saturated rings. The van der Waals surface area contributed by atoms with Crippen molar-refractivity contribution in [1.29, 1.82) is 0 Å². The number of alkyl halides is 3. The summed E-state index contributed by atoms with van der Waals surface area (Å²) < 4.78 is 40.9. The molecular weight excluding hydrogens is 405 g/mol. The van der Waals surface area contributed by atoms with Crippen molar-refractivity contribution in [2.45, 2.75) is 6.18 Å². The first-order chi connectivity index (χ1) is 15.0. The molecule has 0 amide bonds. The van der Waals surface area contributed by atoms with Gasteiger partial charge >= 0.3 is 6.18 Å². The lowest BCUT2D eigenvalue weighted by atomic mass is 10.1. The number of rotatable bonds is 3. The Morgan fingerprint density at radius 3 is 2.23 bits per heavy atom. The minimum absolute atomic E-state index is 0.528. The van der Waals surface area contributed by atoms with Crippen LogP contribution in [0, 0.1) is 0 Å². The molecule has 1 N–H and O–H groups in total. The van der Waals surface area contributed by atoms with Gasteiger partial charge in [-0.3, -0.25) is 9.55 Å². The first-order valence-corrected chi connectivity index (χ1v) is 9.94. The Morgan fingerprint density at radius 1 is 0.839 bits per heavy atom. The van der Waals surface area contributed by atoms with Crippen LogP contribution in [0.4, 0.5) is 19.0 Å². The molecule has 31 heavy (non-hydrogen) atoms. The lowest BCUT2D eigenvalue weighted by Gasteiger charge is -2.28. The molecule has 0 unspecified atom stereocenters. The predicted molar refractivity (Wildman–Crippen MR) is 112 cm³/mol. The van der Waals surface area contributed by atoms with Gasteiger partial charge in [0.15, 0.2) is 5.65 Å². The normalized spacial score (nSPS) is 14.9. The van der Waals surface area contributed by atoms with E-state index >= 15 is 0 Å². The number of piperazine rings is 1. The molecule has 0 atom stereocenters. The zero-order valence-electron chi connectivity index (χ0n) is 16.5. The number of anilines is 1. The van der Waals surface area contributed by atoms with E-state index in [1.54, 1.807) is 12.4 Å². The van der Waals surface area contributed by atoms with Crippen LogP contribution in [0.3, 0.4) is 0 Å². The molecule has 9 heteroatoms. The molecule has 0 saturated carbocycles. The quantitative estimate of drug-likeness (QED) is 0.541. The number of imidazole rings is 1. The van der Waals surface area contributed by atoms with Crippen LogP contribution >= 0.6 is 0 Å². The Labute approximate surface area is 176 Å². The first-order valence-electron chi connectivity index (χ1n) is 9.94. The molecule has 158 valence electrons. The fraction of sp³-hybridized carbons (Fsp3) is 0.227. The second kappa shape index (κ2) is 7.66. The highest BCUT2D eigenvalue weighted by atomic mass is 19.4. The van der Waals surface area contributed by atoms with Gasteiger partial charge in [-0.05, 0) is 36.4 Å². The standard InChI is InChI=1S/C22H19F3N6/c23-22(24,25)16-3-1-15(2-4-16)20-28-18-5-6-19(30-13-11-27-12-14-30)29-21(18)31(20)17-7-9-26-10-8-17/h1-10,27H,11-14H2. The van der Waals surface area contributed by atoms with Gasteiger partial charge < -0.3 is 10.2 Å². The first kappa shape index (κ1) is 19.5. The third-order valence-corrected chi connectivity index (χ3v) is 5.32. The molecule has 0 aliphatic carbocycles. The minimum Gasteiger partial charge on any atom is -0.354 e. The van der Waals surface area contributed by atoms with Crippen LogP contribution in [0.1, 0.15) is 5.56 Å². The highest BCUT2D eigenvalue weighted by Crippen LogP contribution is 2.33. The Kier molecular flexibility index (Phi) is 4.82. The van der Waals surface area contributed by atoms with Gasteiger partial charge in [-0.15, -0.1) is 0 Å². The van der Waals surface area contributed by atoms with Crippen LogP contribution in [0.5, 0.6) is 0 Å². The van der Waals surface area contributed by atoms with Crippen LogP contribution in [0.15, 0.2) is 60.9 Å². The zero-order valence-corrected chi connectivity index (χ0v) is 16.5. The average Bonchev–Trinajstić information content (AvgIpc) is 3.18. The minimum atomic E-state index is -4.39. The predicted octanol–water partition coefficient (Wildman–Crippen LogP) is 3.91. The summed E-state index contributed by atoms with van der Waals surface area (Å²) in [4.78, 5) is 15.9. The van der Waals surface area contributed by atoms with Crippen LogP contribution in [0.2, 0.25) is 0 Å². The van der Waals surface area contributed by atoms with Crippen LogP contribution in [-0.4, -0.2) is 45.7 Å². The molecular formula is C22H19F3N6. The van der Waals surface area contributed by atoms with E-state index in [9.17, 15) is 13.2 Å². The van der Waals surface area contributed by atoms with Gasteiger partial charge in [0.25, 0.3) is 0 Å². The van der Waals surface area contributed by atoms with E-state index in [4.69, 9.17) is 9.97 Å². The van der Waals surface area contributed by atoms with E-state index in [2.05, 4.69) is 15.2 Å². The number of benzene rings is 1. The fourth-order valence-corrected chi connectivity index (χ4v) is 3.76. The number of fused-ring (bicyclic) bond motifs is 1. The summed E-state index contributed by atoms with van der Waals surface area (Å²) in [6.45, 7) is 3.49. The van der Waals surface area contributed by atoms with Crippen molar-refractivity contribution in [2.24, 2.45) is 0 Å². The van der Waals surface area contributed by atoms with E-state index in [-0.39, 0.29) is 0 Å². The molecule has 6 nitrogen and oxygen atoms in total. The van der Waals surface area contributed by atoms with E-state index in [1.807, 2.05) is 28.8 Å². The average molecular weight is 424 g/mol. The third kappa shape index (κ3) is 3.72. The van der Waals surface area contributed by atoms with Crippen LogP contribution < -0.4 is 10.2 Å². The maximum absolute atomic E-state index is 13.0. The van der Waals surface area contributed by atoms with Gasteiger partial charge in [0.2, 0.25) is 0 Å². The molecule has 1 saturated heterocycles. The molecule has 1 aliphatic heterocycles. The van der Waals surface area contributed by atoms with Crippen LogP contribution in [-0.2, 0) is 6.18 Å². The van der Waals surface area contributed by atoms with E-state index in [0.717, 1.165) is 49.8 Å². The van der Waals surface area contributed by atoms with Crippen molar-refractivity contribution < 1.29 is 13.2 Å². The van der Waals surface area contributed by atoms with Crippen molar-refractivity contribution in [1.82, 2.24) is 24.8 Å². The molecule has 0 radical (unpaired) electrons. The number of hydrogen-bond acceptors (Lipinski definition) is 5. The summed E-state index contributed by atoms with van der Waals surface area (Å²) in [7, 11) is 0. The number of hydrogen-bond donors (Lipinski definition) is 1. The molecule has 0 bridgehead atoms. The molecule has 4 aromatic rings. The smallest absolute Gasteiger partial charge is 0.354 e. The number of nitrogens with zero attached hydrogens (tertiary/aromatic N) is 5. The Hall–Kier alpha value is -3.46. The SMILES string of the molecule is FC(F)(F)c1ccc(-c2nc3ccc(N4CCNCC4)nc3n2-c2ccncc2)cc1. The molecule has 4 heterocycles. The van der Waals surface area contributed by atoms with Gasteiger partial charge in [0.05, 0.1) is 11.3 Å². The summed E-state index contributed by atoms with van der Waals surface area (Å²) >= 11 is 0. The molecule has 0 spiro atoms. The number of nitrogens with one attached hydrogen (secondary N) is 1. The summed E-state index contributed by atoms with van der Waals surface area (Å²) in [6.07, 6.45) is -1.06. The largest absolute Gasteiger partial charge is 0.416 e. The number of aromatic nitrogens is 4. The number of pyridine rings is 2. The summed E-state index contributed by atoms with van der Waals surface area (Å²) in [5.74, 6) is 1.38. The highest BCUT2D eigenvalue weighted by molar-refractivity contribution is 5.81. The zero-order chi connectivity index (χ0) is 21.4. The Bertz CT molecular complexity index is 1200. The second-order valence-electron chi connectivity index (χ2n) is 7.30. The molecule has 3 aromatic heterocycles. The lowest BCUT2D eigenvalue weighted by molar-refractivity contribution is -0.137. The number of halogens is 3. The summed E-state index contributed by atoms with van der Waals surface area (Å²) in [6, 6.07) is 12.5. The van der Waals surface area contributed by atoms with E-state index < -0.39 is 11.7 Å². The van der Waals surface area contributed by atoms with Gasteiger partial charge in [-0.25, -0.2) is 9.97 Å². The maximum atomic E-state index is 13.0. The Balaban J connectivity index is 1.67. The van der Waals surface area contributed by atoms with Crippen molar-refractivity contribution in [2.75, 3.05) is 31.1 Å². The monoisotopic (exact) mass is 424 g/mol. The maximum Gasteiger partial charge on any atom is 0.416 e. The highest BCUT2D eigenvalue weighted by Gasteiger charge is 2.30. The molecule has 1 aromatic carbocycles. The third-order valence-electron chi connectivity index (χ3n) is 5.32. The van der Waals surface area contributed by atoms with Crippen molar-refractivity contribution in [3.8, 4) is 17.1 Å².